The van der Waals surface area contributed by atoms with E-state index in [1.807, 2.05) is 0 Å². The lowest BCUT2D eigenvalue weighted by molar-refractivity contribution is -0.144. The van der Waals surface area contributed by atoms with Gasteiger partial charge in [0, 0.05) is 6.42 Å². The van der Waals surface area contributed by atoms with Crippen molar-refractivity contribution in [2.45, 2.75) is 70.1 Å². The van der Waals surface area contributed by atoms with Gasteiger partial charge < -0.3 is 44.0 Å². The number of carboxylic acids is 1. The molecular weight excluding hydrogens is 454 g/mol. The molecule has 4 unspecified atom stereocenters. The number of carbonyl (C=O) groups is 7. The van der Waals surface area contributed by atoms with Crippen LogP contribution in [0.15, 0.2) is 0 Å². The largest absolute Gasteiger partial charge is 0.480 e. The fourth-order valence-corrected chi connectivity index (χ4v) is 2.77. The molecule has 0 bridgehead atoms. The monoisotopic (exact) mass is 487 g/mol. The van der Waals surface area contributed by atoms with Crippen LogP contribution in [0.4, 0.5) is 0 Å². The maximum absolute atomic E-state index is 12.8. The number of carbonyl (C=O) groups excluding carboxylic acids is 6. The highest BCUT2D eigenvalue weighted by Gasteiger charge is 2.32. The lowest BCUT2D eigenvalue weighted by Crippen LogP contribution is -2.58. The van der Waals surface area contributed by atoms with E-state index in [1.165, 1.54) is 0 Å². The first-order valence-electron chi connectivity index (χ1n) is 10.4. The van der Waals surface area contributed by atoms with Gasteiger partial charge in [0.1, 0.15) is 18.1 Å². The van der Waals surface area contributed by atoms with Gasteiger partial charge >= 0.3 is 5.97 Å². The summed E-state index contributed by atoms with van der Waals surface area (Å²) in [6, 6.07) is -5.62. The normalized spacial score (nSPS) is 14.2. The molecule has 0 aromatic heterocycles. The molecule has 0 saturated heterocycles. The van der Waals surface area contributed by atoms with Crippen molar-refractivity contribution >= 4 is 41.4 Å². The summed E-state index contributed by atoms with van der Waals surface area (Å²) < 4.78 is 0. The molecule has 6 amide bonds. The van der Waals surface area contributed by atoms with Crippen LogP contribution in [0.3, 0.4) is 0 Å². The molecule has 0 aromatic rings. The first kappa shape index (κ1) is 30.2. The van der Waals surface area contributed by atoms with Crippen molar-refractivity contribution in [3.05, 3.63) is 0 Å². The Balaban J connectivity index is 5.52. The van der Waals surface area contributed by atoms with E-state index in [9.17, 15) is 38.7 Å². The van der Waals surface area contributed by atoms with Crippen LogP contribution in [0.25, 0.3) is 0 Å². The topological polar surface area (TPSA) is 280 Å². The molecule has 0 spiro atoms. The molecule has 0 rings (SSSR count). The standard InChI is InChI=1S/C19H33N7O8/c1-8(2)5-10(17(31)26-12(19(33)34)7-15(23)29)25-18(32)11(6-14(22)28)24-16(30)9(20)3-4-13(21)27/h8-12H,3-7,20H2,1-2H3,(H2,21,27)(H2,22,28)(H2,23,29)(H,24,30)(H,25,32)(H,26,31)(H,33,34). The Morgan fingerprint density at radius 3 is 1.59 bits per heavy atom. The predicted molar refractivity (Wildman–Crippen MR) is 117 cm³/mol. The molecule has 0 aromatic carbocycles. The predicted octanol–water partition coefficient (Wildman–Crippen LogP) is -4.08. The second-order valence-electron chi connectivity index (χ2n) is 8.10. The van der Waals surface area contributed by atoms with Crippen molar-refractivity contribution in [3.8, 4) is 0 Å². The summed E-state index contributed by atoms with van der Waals surface area (Å²) >= 11 is 0. The number of amides is 6. The van der Waals surface area contributed by atoms with Gasteiger partial charge in [-0.2, -0.15) is 0 Å². The molecule has 0 heterocycles. The minimum Gasteiger partial charge on any atom is -0.480 e. The van der Waals surface area contributed by atoms with Crippen LogP contribution in [0.1, 0.15) is 46.0 Å². The maximum atomic E-state index is 12.8. The number of nitrogens with one attached hydrogen (secondary N) is 3. The van der Waals surface area contributed by atoms with Gasteiger partial charge in [-0.15, -0.1) is 0 Å². The molecule has 0 fully saturated rings. The number of carboxylic acid groups (broad SMARTS) is 1. The van der Waals surface area contributed by atoms with Crippen molar-refractivity contribution in [1.82, 2.24) is 16.0 Å². The molecule has 0 radical (unpaired) electrons. The van der Waals surface area contributed by atoms with Crippen LogP contribution >= 0.6 is 0 Å². The second kappa shape index (κ2) is 14.4. The Kier molecular flexibility index (Phi) is 12.8. The van der Waals surface area contributed by atoms with Crippen molar-refractivity contribution < 1.29 is 38.7 Å². The van der Waals surface area contributed by atoms with Gasteiger partial charge in [0.15, 0.2) is 0 Å². The van der Waals surface area contributed by atoms with Crippen molar-refractivity contribution in [3.63, 3.8) is 0 Å². The van der Waals surface area contributed by atoms with E-state index in [0.29, 0.717) is 0 Å². The minimum atomic E-state index is -1.62. The lowest BCUT2D eigenvalue weighted by atomic mass is 10.0. The maximum Gasteiger partial charge on any atom is 0.326 e. The molecule has 0 saturated carbocycles. The third-order valence-electron chi connectivity index (χ3n) is 4.44. The molecule has 0 aliphatic carbocycles. The number of hydrogen-bond donors (Lipinski definition) is 8. The summed E-state index contributed by atoms with van der Waals surface area (Å²) in [5, 5.41) is 15.9. The highest BCUT2D eigenvalue weighted by molar-refractivity contribution is 5.96. The zero-order valence-electron chi connectivity index (χ0n) is 19.0. The van der Waals surface area contributed by atoms with E-state index < -0.39 is 78.4 Å². The van der Waals surface area contributed by atoms with Crippen LogP contribution in [0.2, 0.25) is 0 Å². The summed E-state index contributed by atoms with van der Waals surface area (Å²) in [5.41, 5.74) is 20.8. The summed E-state index contributed by atoms with van der Waals surface area (Å²) in [6.45, 7) is 3.45. The first-order chi connectivity index (χ1) is 15.6. The number of hydrogen-bond acceptors (Lipinski definition) is 8. The highest BCUT2D eigenvalue weighted by atomic mass is 16.4. The summed E-state index contributed by atoms with van der Waals surface area (Å²) in [4.78, 5) is 82.3. The smallest absolute Gasteiger partial charge is 0.326 e. The van der Waals surface area contributed by atoms with Crippen molar-refractivity contribution in [2.75, 3.05) is 0 Å². The average molecular weight is 488 g/mol. The van der Waals surface area contributed by atoms with E-state index in [-0.39, 0.29) is 25.2 Å². The lowest BCUT2D eigenvalue weighted by Gasteiger charge is -2.25. The third-order valence-corrected chi connectivity index (χ3v) is 4.44. The fourth-order valence-electron chi connectivity index (χ4n) is 2.77. The van der Waals surface area contributed by atoms with Gasteiger partial charge in [0.25, 0.3) is 0 Å². The second-order valence-corrected chi connectivity index (χ2v) is 8.10. The van der Waals surface area contributed by atoms with E-state index in [0.717, 1.165) is 0 Å². The highest BCUT2D eigenvalue weighted by Crippen LogP contribution is 2.08. The van der Waals surface area contributed by atoms with E-state index in [4.69, 9.17) is 22.9 Å². The van der Waals surface area contributed by atoms with E-state index in [1.54, 1.807) is 13.8 Å². The molecule has 4 atom stereocenters. The van der Waals surface area contributed by atoms with Gasteiger partial charge in [0.2, 0.25) is 35.4 Å². The number of nitrogens with two attached hydrogens (primary N) is 4. The van der Waals surface area contributed by atoms with Gasteiger partial charge in [-0.1, -0.05) is 13.8 Å². The SMILES string of the molecule is CC(C)CC(NC(=O)C(CC(N)=O)NC(=O)C(N)CCC(N)=O)C(=O)NC(CC(N)=O)C(=O)O. The van der Waals surface area contributed by atoms with Crippen LogP contribution in [-0.4, -0.2) is 70.7 Å². The van der Waals surface area contributed by atoms with Crippen molar-refractivity contribution in [2.24, 2.45) is 28.9 Å². The van der Waals surface area contributed by atoms with Gasteiger partial charge in [0.05, 0.1) is 18.9 Å². The van der Waals surface area contributed by atoms with E-state index >= 15 is 0 Å². The number of aliphatic carboxylic acids is 1. The first-order valence-corrected chi connectivity index (χ1v) is 10.4. The molecule has 15 heteroatoms. The summed E-state index contributed by atoms with van der Waals surface area (Å²) in [6.07, 6.45) is -1.55. The average Bonchev–Trinajstić information content (AvgIpc) is 2.68. The van der Waals surface area contributed by atoms with Gasteiger partial charge in [-0.25, -0.2) is 4.79 Å². The molecule has 0 aliphatic rings. The third kappa shape index (κ3) is 12.3. The quantitative estimate of drug-likeness (QED) is 0.105. The van der Waals surface area contributed by atoms with Gasteiger partial charge in [-0.05, 0) is 18.8 Å². The van der Waals surface area contributed by atoms with Crippen LogP contribution < -0.4 is 38.9 Å². The summed E-state index contributed by atoms with van der Waals surface area (Å²) in [7, 11) is 0. The fraction of sp³-hybridized carbons (Fsp3) is 0.632. The molecule has 12 N–H and O–H groups in total. The van der Waals surface area contributed by atoms with Crippen LogP contribution in [0, 0.1) is 5.92 Å². The molecule has 0 aliphatic heterocycles. The Labute approximate surface area is 195 Å². The zero-order valence-corrected chi connectivity index (χ0v) is 19.0. The Morgan fingerprint density at radius 1 is 0.706 bits per heavy atom. The number of primary amides is 3. The van der Waals surface area contributed by atoms with E-state index in [2.05, 4.69) is 16.0 Å². The molecule has 15 nitrogen and oxygen atoms in total. The Bertz CT molecular complexity index is 802. The van der Waals surface area contributed by atoms with Crippen LogP contribution in [-0.2, 0) is 33.6 Å². The Hall–Kier alpha value is -3.75. The Morgan fingerprint density at radius 2 is 1.15 bits per heavy atom. The molecule has 34 heavy (non-hydrogen) atoms. The van der Waals surface area contributed by atoms with Crippen LogP contribution in [0.5, 0.6) is 0 Å². The molecular formula is C19H33N7O8. The van der Waals surface area contributed by atoms with Gasteiger partial charge in [-0.3, -0.25) is 28.8 Å². The zero-order chi connectivity index (χ0) is 26.6. The summed E-state index contributed by atoms with van der Waals surface area (Å²) in [5.74, 6) is -6.99. The number of rotatable bonds is 16. The minimum absolute atomic E-state index is 0.0514. The molecule has 192 valence electrons. The van der Waals surface area contributed by atoms with Crippen molar-refractivity contribution in [1.29, 1.82) is 0 Å².